The lowest BCUT2D eigenvalue weighted by Crippen LogP contribution is -2.33. The summed E-state index contributed by atoms with van der Waals surface area (Å²) in [5.74, 6) is 0. The summed E-state index contributed by atoms with van der Waals surface area (Å²) >= 11 is 4.49. The molecule has 0 aliphatic heterocycles. The van der Waals surface area contributed by atoms with Crippen molar-refractivity contribution in [1.82, 2.24) is 4.98 Å². The number of thiol groups is 1. The first-order chi connectivity index (χ1) is 11.8. The number of hydrogen-bond donors (Lipinski definition) is 1. The summed E-state index contributed by atoms with van der Waals surface area (Å²) in [5, 5.41) is -0.362. The van der Waals surface area contributed by atoms with Crippen LogP contribution in [0.5, 0.6) is 0 Å². The maximum Gasteiger partial charge on any atom is 0.132 e. The van der Waals surface area contributed by atoms with Crippen molar-refractivity contribution in [2.75, 3.05) is 0 Å². The van der Waals surface area contributed by atoms with Crippen LogP contribution >= 0.6 is 12.6 Å². The molecular weight excluding hydrogens is 314 g/mol. The van der Waals surface area contributed by atoms with Crippen molar-refractivity contribution in [3.05, 3.63) is 102 Å². The molecule has 120 valence electrons. The van der Waals surface area contributed by atoms with Gasteiger partial charge in [-0.25, -0.2) is 0 Å². The highest BCUT2D eigenvalue weighted by Crippen LogP contribution is 2.43. The molecule has 0 amide bonds. The first-order valence-corrected chi connectivity index (χ1v) is 8.44. The van der Waals surface area contributed by atoms with Gasteiger partial charge in [0.05, 0.1) is 5.25 Å². The molecule has 2 aromatic carbocycles. The molecule has 24 heavy (non-hydrogen) atoms. The maximum atomic E-state index is 11.4. The van der Waals surface area contributed by atoms with Gasteiger partial charge in [0, 0.05) is 17.8 Å². The minimum absolute atomic E-state index is 0.362. The van der Waals surface area contributed by atoms with Gasteiger partial charge in [0.2, 0.25) is 0 Å². The van der Waals surface area contributed by atoms with Crippen LogP contribution in [0.1, 0.15) is 23.1 Å². The third kappa shape index (κ3) is 3.13. The molecule has 0 aliphatic carbocycles. The summed E-state index contributed by atoms with van der Waals surface area (Å²) in [6.07, 6.45) is 5.08. The zero-order valence-electron chi connectivity index (χ0n) is 13.2. The number of benzene rings is 2. The number of carbonyl (C=O) groups is 1. The molecule has 0 spiro atoms. The monoisotopic (exact) mass is 333 g/mol. The van der Waals surface area contributed by atoms with Crippen LogP contribution in [-0.2, 0) is 10.2 Å². The number of hydrogen-bond acceptors (Lipinski definition) is 3. The van der Waals surface area contributed by atoms with E-state index in [0.717, 1.165) is 23.0 Å². The molecule has 1 aromatic heterocycles. The summed E-state index contributed by atoms with van der Waals surface area (Å²) in [6.45, 7) is 0. The van der Waals surface area contributed by atoms with E-state index in [1.165, 1.54) is 0 Å². The summed E-state index contributed by atoms with van der Waals surface area (Å²) in [6, 6.07) is 24.6. The Balaban J connectivity index is 2.30. The van der Waals surface area contributed by atoms with Gasteiger partial charge >= 0.3 is 0 Å². The molecule has 0 N–H and O–H groups in total. The molecule has 3 aromatic rings. The van der Waals surface area contributed by atoms with Crippen LogP contribution in [0.15, 0.2) is 85.2 Å². The lowest BCUT2D eigenvalue weighted by Gasteiger charge is -2.37. The number of pyridine rings is 1. The lowest BCUT2D eigenvalue weighted by molar-refractivity contribution is -0.107. The minimum atomic E-state index is -0.446. The largest absolute Gasteiger partial charge is 0.302 e. The van der Waals surface area contributed by atoms with Crippen LogP contribution in [0.25, 0.3) is 0 Å². The molecule has 0 radical (unpaired) electrons. The molecule has 0 saturated heterocycles. The number of aldehydes is 1. The second-order valence-corrected chi connectivity index (χ2v) is 6.44. The van der Waals surface area contributed by atoms with Crippen molar-refractivity contribution in [1.29, 1.82) is 0 Å². The first-order valence-electron chi connectivity index (χ1n) is 7.92. The van der Waals surface area contributed by atoms with Crippen LogP contribution in [0.4, 0.5) is 0 Å². The number of aromatic nitrogens is 1. The first kappa shape index (κ1) is 16.5. The van der Waals surface area contributed by atoms with Crippen LogP contribution in [0, 0.1) is 0 Å². The molecule has 3 heteroatoms. The number of rotatable bonds is 6. The molecule has 3 rings (SSSR count). The molecule has 0 bridgehead atoms. The molecule has 2 nitrogen and oxygen atoms in total. The molecule has 1 heterocycles. The topological polar surface area (TPSA) is 30.0 Å². The summed E-state index contributed by atoms with van der Waals surface area (Å²) < 4.78 is 0. The highest BCUT2D eigenvalue weighted by atomic mass is 32.1. The zero-order valence-corrected chi connectivity index (χ0v) is 14.1. The van der Waals surface area contributed by atoms with Crippen molar-refractivity contribution in [2.45, 2.75) is 17.1 Å². The van der Waals surface area contributed by atoms with Crippen molar-refractivity contribution >= 4 is 18.9 Å². The number of nitrogens with zero attached hydrogens (tertiary/aromatic N) is 1. The predicted octanol–water partition coefficient (Wildman–Crippen LogP) is 4.30. The van der Waals surface area contributed by atoms with Crippen LogP contribution < -0.4 is 0 Å². The standard InChI is InChI=1S/C21H19NOS/c23-16-20(24)15-21(17-7-3-1-4-8-17,18-9-5-2-6-10-18)19-11-13-22-14-12-19/h1-14,16,20,24H,15H2. The van der Waals surface area contributed by atoms with E-state index < -0.39 is 5.41 Å². The second-order valence-electron chi connectivity index (χ2n) is 5.78. The van der Waals surface area contributed by atoms with Gasteiger partial charge in [-0.3, -0.25) is 4.98 Å². The SMILES string of the molecule is O=CC(S)CC(c1ccccc1)(c1ccccc1)c1ccncc1. The summed E-state index contributed by atoms with van der Waals surface area (Å²) in [5.41, 5.74) is 2.95. The highest BCUT2D eigenvalue weighted by Gasteiger charge is 2.37. The fourth-order valence-electron chi connectivity index (χ4n) is 3.30. The van der Waals surface area contributed by atoms with Crippen LogP contribution in [-0.4, -0.2) is 16.5 Å². The van der Waals surface area contributed by atoms with Gasteiger partial charge in [-0.05, 0) is 35.2 Å². The summed E-state index contributed by atoms with van der Waals surface area (Å²) in [4.78, 5) is 15.5. The normalized spacial score (nSPS) is 12.5. The Hall–Kier alpha value is -2.39. The Labute approximate surface area is 148 Å². The smallest absolute Gasteiger partial charge is 0.132 e. The maximum absolute atomic E-state index is 11.4. The van der Waals surface area contributed by atoms with E-state index in [1.807, 2.05) is 48.5 Å². The highest BCUT2D eigenvalue weighted by molar-refractivity contribution is 7.81. The number of carbonyl (C=O) groups excluding carboxylic acids is 1. The average Bonchev–Trinajstić information content (AvgIpc) is 2.68. The fourth-order valence-corrected chi connectivity index (χ4v) is 3.57. The van der Waals surface area contributed by atoms with Crippen molar-refractivity contribution in [3.63, 3.8) is 0 Å². The predicted molar refractivity (Wildman–Crippen MR) is 100 cm³/mol. The molecule has 0 fully saturated rings. The van der Waals surface area contributed by atoms with Gasteiger partial charge < -0.3 is 4.79 Å². The van der Waals surface area contributed by atoms with Crippen LogP contribution in [0.2, 0.25) is 0 Å². The fraction of sp³-hybridized carbons (Fsp3) is 0.143. The Bertz CT molecular complexity index is 678. The molecule has 1 atom stereocenters. The van der Waals surface area contributed by atoms with Crippen molar-refractivity contribution < 1.29 is 4.79 Å². The molecule has 0 aliphatic rings. The van der Waals surface area contributed by atoms with Gasteiger partial charge in [0.15, 0.2) is 0 Å². The van der Waals surface area contributed by atoms with Crippen molar-refractivity contribution in [3.8, 4) is 0 Å². The zero-order chi connectivity index (χ0) is 16.8. The van der Waals surface area contributed by atoms with E-state index >= 15 is 0 Å². The van der Waals surface area contributed by atoms with Crippen molar-refractivity contribution in [2.24, 2.45) is 0 Å². The Morgan fingerprint density at radius 2 is 1.29 bits per heavy atom. The Morgan fingerprint density at radius 3 is 1.75 bits per heavy atom. The third-order valence-electron chi connectivity index (χ3n) is 4.38. The average molecular weight is 333 g/mol. The van der Waals surface area contributed by atoms with E-state index in [-0.39, 0.29) is 5.25 Å². The third-order valence-corrected chi connectivity index (χ3v) is 4.68. The van der Waals surface area contributed by atoms with E-state index in [9.17, 15) is 4.79 Å². The van der Waals surface area contributed by atoms with E-state index in [1.54, 1.807) is 12.4 Å². The van der Waals surface area contributed by atoms with E-state index in [2.05, 4.69) is 41.9 Å². The van der Waals surface area contributed by atoms with Gasteiger partial charge in [0.1, 0.15) is 6.29 Å². The molecular formula is C21H19NOS. The Kier molecular flexibility index (Phi) is 5.11. The van der Waals surface area contributed by atoms with Gasteiger partial charge in [-0.2, -0.15) is 12.6 Å². The van der Waals surface area contributed by atoms with Gasteiger partial charge in [0.25, 0.3) is 0 Å². The quantitative estimate of drug-likeness (QED) is 0.538. The summed E-state index contributed by atoms with van der Waals surface area (Å²) in [7, 11) is 0. The lowest BCUT2D eigenvalue weighted by atomic mass is 9.67. The minimum Gasteiger partial charge on any atom is -0.302 e. The molecule has 1 unspecified atom stereocenters. The second kappa shape index (κ2) is 7.45. The van der Waals surface area contributed by atoms with Crippen LogP contribution in [0.3, 0.4) is 0 Å². The van der Waals surface area contributed by atoms with Gasteiger partial charge in [-0.15, -0.1) is 0 Å². The Morgan fingerprint density at radius 1 is 0.833 bits per heavy atom. The molecule has 0 saturated carbocycles. The van der Waals surface area contributed by atoms with Gasteiger partial charge in [-0.1, -0.05) is 60.7 Å². The van der Waals surface area contributed by atoms with E-state index in [0.29, 0.717) is 6.42 Å². The van der Waals surface area contributed by atoms with E-state index in [4.69, 9.17) is 0 Å².